The third-order valence-electron chi connectivity index (χ3n) is 4.95. The summed E-state index contributed by atoms with van der Waals surface area (Å²) in [5.41, 5.74) is 0. The molecular formula is C27H28IO4S+. The first-order valence-electron chi connectivity index (χ1n) is 10.8. The predicted octanol–water partition coefficient (Wildman–Crippen LogP) is 6.47. The van der Waals surface area contributed by atoms with E-state index in [4.69, 9.17) is 9.47 Å². The summed E-state index contributed by atoms with van der Waals surface area (Å²) in [4.78, 5) is 28.1. The van der Waals surface area contributed by atoms with E-state index in [9.17, 15) is 9.59 Å². The number of esters is 2. The average molecular weight is 575 g/mol. The van der Waals surface area contributed by atoms with E-state index in [2.05, 4.69) is 24.3 Å². The van der Waals surface area contributed by atoms with Crippen LogP contribution >= 0.6 is 22.6 Å². The molecule has 0 amide bonds. The molecule has 0 N–H and O–H groups in total. The molecule has 0 aliphatic carbocycles. The second kappa shape index (κ2) is 12.2. The van der Waals surface area contributed by atoms with Gasteiger partial charge in [-0.25, -0.2) is 0 Å². The Balaban J connectivity index is 1.73. The van der Waals surface area contributed by atoms with Crippen LogP contribution in [0.15, 0.2) is 99.6 Å². The second-order valence-electron chi connectivity index (χ2n) is 7.92. The number of hydrogen-bond acceptors (Lipinski definition) is 4. The lowest BCUT2D eigenvalue weighted by atomic mass is 10.0. The molecule has 172 valence electrons. The van der Waals surface area contributed by atoms with Crippen molar-refractivity contribution < 1.29 is 19.1 Å². The van der Waals surface area contributed by atoms with E-state index in [1.807, 2.05) is 97.1 Å². The number of carbonyl (C=O) groups is 2. The number of benzene rings is 3. The maximum Gasteiger partial charge on any atom is 0.318 e. The Labute approximate surface area is 212 Å². The Morgan fingerprint density at radius 1 is 0.788 bits per heavy atom. The van der Waals surface area contributed by atoms with E-state index in [-0.39, 0.29) is 33.1 Å². The van der Waals surface area contributed by atoms with Crippen LogP contribution in [0, 0.1) is 5.92 Å². The molecule has 0 aliphatic heterocycles. The van der Waals surface area contributed by atoms with Crippen molar-refractivity contribution in [1.29, 1.82) is 0 Å². The molecule has 4 nitrogen and oxygen atoms in total. The number of halogens is 1. The lowest BCUT2D eigenvalue weighted by Crippen LogP contribution is -2.30. The van der Waals surface area contributed by atoms with E-state index in [1.54, 1.807) is 6.92 Å². The third kappa shape index (κ3) is 7.33. The minimum atomic E-state index is -0.511. The normalized spacial score (nSPS) is 12.9. The van der Waals surface area contributed by atoms with Crippen LogP contribution in [-0.2, 0) is 25.2 Å². The van der Waals surface area contributed by atoms with E-state index >= 15 is 0 Å². The molecular weight excluding hydrogens is 547 g/mol. The number of hydrogen-bond donors (Lipinski definition) is 0. The Kier molecular flexibility index (Phi) is 9.38. The van der Waals surface area contributed by atoms with Gasteiger partial charge in [0.25, 0.3) is 0 Å². The zero-order valence-corrected chi connectivity index (χ0v) is 21.9. The van der Waals surface area contributed by atoms with Crippen molar-refractivity contribution in [3.63, 3.8) is 0 Å². The predicted molar refractivity (Wildman–Crippen MR) is 140 cm³/mol. The van der Waals surface area contributed by atoms with Crippen LogP contribution in [0.4, 0.5) is 0 Å². The highest BCUT2D eigenvalue weighted by molar-refractivity contribution is 14.1. The fourth-order valence-corrected chi connectivity index (χ4v) is 5.39. The summed E-state index contributed by atoms with van der Waals surface area (Å²) < 4.78 is 10.8. The highest BCUT2D eigenvalue weighted by atomic mass is 127. The third-order valence-corrected chi connectivity index (χ3v) is 7.69. The van der Waals surface area contributed by atoms with Gasteiger partial charge in [-0.15, -0.1) is 0 Å². The van der Waals surface area contributed by atoms with Gasteiger partial charge in [0.15, 0.2) is 14.7 Å². The number of carbonyl (C=O) groups excluding carboxylic acids is 2. The molecule has 3 aromatic carbocycles. The van der Waals surface area contributed by atoms with E-state index in [0.717, 1.165) is 4.90 Å². The summed E-state index contributed by atoms with van der Waals surface area (Å²) in [5, 5.41) is 0. The minimum Gasteiger partial charge on any atom is -0.461 e. The van der Waals surface area contributed by atoms with Crippen LogP contribution in [0.1, 0.15) is 27.2 Å². The molecule has 0 fully saturated rings. The largest absolute Gasteiger partial charge is 0.461 e. The second-order valence-corrected chi connectivity index (χ2v) is 11.8. The lowest BCUT2D eigenvalue weighted by Gasteiger charge is -2.21. The average Bonchev–Trinajstić information content (AvgIpc) is 2.81. The molecule has 3 rings (SSSR count). The summed E-state index contributed by atoms with van der Waals surface area (Å²) in [6.07, 6.45) is -0.490. The maximum absolute atomic E-state index is 12.5. The summed E-state index contributed by atoms with van der Waals surface area (Å²) in [5.74, 6) is -0.247. The first-order chi connectivity index (χ1) is 15.8. The molecule has 0 spiro atoms. The van der Waals surface area contributed by atoms with Crippen molar-refractivity contribution in [3.05, 3.63) is 84.9 Å². The molecule has 0 radical (unpaired) electrons. The molecule has 2 unspecified atom stereocenters. The molecule has 0 saturated carbocycles. The van der Waals surface area contributed by atoms with Gasteiger partial charge in [0.05, 0.1) is 17.3 Å². The maximum atomic E-state index is 12.5. The van der Waals surface area contributed by atoms with Crippen LogP contribution < -0.4 is 4.74 Å². The van der Waals surface area contributed by atoms with Gasteiger partial charge in [0, 0.05) is 0 Å². The molecule has 2 atom stereocenters. The van der Waals surface area contributed by atoms with Gasteiger partial charge in [-0.3, -0.25) is 9.59 Å². The highest BCUT2D eigenvalue weighted by Crippen LogP contribution is 2.32. The molecule has 0 aromatic heterocycles. The van der Waals surface area contributed by atoms with Gasteiger partial charge in [-0.1, -0.05) is 72.8 Å². The van der Waals surface area contributed by atoms with Gasteiger partial charge in [0.2, 0.25) is 0 Å². The summed E-state index contributed by atoms with van der Waals surface area (Å²) >= 11 is 2.00. The molecule has 0 aliphatic rings. The first-order valence-corrected chi connectivity index (χ1v) is 13.3. The van der Waals surface area contributed by atoms with Crippen molar-refractivity contribution in [3.8, 4) is 5.75 Å². The van der Waals surface area contributed by atoms with Gasteiger partial charge in [-0.2, -0.15) is 0 Å². The Bertz CT molecular complexity index is 997. The fraction of sp³-hybridized carbons (Fsp3) is 0.259. The SMILES string of the molecule is CC(I)C(=O)OC(CC(=O)Oc1ccc([S+](c2ccccc2)c2ccccc2)cc1)C(C)C. The van der Waals surface area contributed by atoms with E-state index in [0.29, 0.717) is 5.75 Å². The summed E-state index contributed by atoms with van der Waals surface area (Å²) in [6.45, 7) is 5.61. The quantitative estimate of drug-likeness (QED) is 0.0966. The highest BCUT2D eigenvalue weighted by Gasteiger charge is 2.29. The molecule has 0 bridgehead atoms. The molecule has 33 heavy (non-hydrogen) atoms. The molecule has 0 heterocycles. The smallest absolute Gasteiger partial charge is 0.318 e. The Hall–Kier alpha value is -2.32. The standard InChI is InChI=1S/C27H28IO4S/c1-19(2)25(32-27(30)20(3)28)18-26(29)31-21-14-16-24(17-15-21)33(22-10-6-4-7-11-22)23-12-8-5-9-13-23/h4-17,19-20,25H,18H2,1-3H3/q+1. The van der Waals surface area contributed by atoms with E-state index < -0.39 is 12.1 Å². The number of alkyl halides is 1. The summed E-state index contributed by atoms with van der Waals surface area (Å²) in [6, 6.07) is 28.4. The van der Waals surface area contributed by atoms with Gasteiger partial charge < -0.3 is 9.47 Å². The van der Waals surface area contributed by atoms with Crippen molar-refractivity contribution >= 4 is 45.4 Å². The first kappa shape index (κ1) is 25.3. The Morgan fingerprint density at radius 3 is 1.73 bits per heavy atom. The minimum absolute atomic E-state index is 0.0118. The molecule has 0 saturated heterocycles. The number of ether oxygens (including phenoxy) is 2. The monoisotopic (exact) mass is 575 g/mol. The molecule has 6 heteroatoms. The van der Waals surface area contributed by atoms with E-state index in [1.165, 1.54) is 9.79 Å². The van der Waals surface area contributed by atoms with Crippen molar-refractivity contribution in [2.75, 3.05) is 0 Å². The van der Waals surface area contributed by atoms with Crippen molar-refractivity contribution in [2.45, 2.75) is 51.9 Å². The van der Waals surface area contributed by atoms with Gasteiger partial charge in [0.1, 0.15) is 15.8 Å². The van der Waals surface area contributed by atoms with Crippen LogP contribution in [0.25, 0.3) is 0 Å². The van der Waals surface area contributed by atoms with Crippen molar-refractivity contribution in [2.24, 2.45) is 5.92 Å². The lowest BCUT2D eigenvalue weighted by molar-refractivity contribution is -0.153. The fourth-order valence-electron chi connectivity index (χ4n) is 3.16. The summed E-state index contributed by atoms with van der Waals surface area (Å²) in [7, 11) is -0.261. The molecule has 3 aromatic rings. The zero-order chi connectivity index (χ0) is 23.8. The topological polar surface area (TPSA) is 52.6 Å². The zero-order valence-electron chi connectivity index (χ0n) is 18.9. The van der Waals surface area contributed by atoms with Gasteiger partial charge in [-0.05, 0) is 61.4 Å². The van der Waals surface area contributed by atoms with Crippen LogP contribution in [-0.4, -0.2) is 22.0 Å². The van der Waals surface area contributed by atoms with Crippen LogP contribution in [0.5, 0.6) is 5.75 Å². The van der Waals surface area contributed by atoms with Crippen LogP contribution in [0.3, 0.4) is 0 Å². The van der Waals surface area contributed by atoms with Crippen LogP contribution in [0.2, 0.25) is 0 Å². The number of rotatable bonds is 9. The Morgan fingerprint density at radius 2 is 1.27 bits per heavy atom. The van der Waals surface area contributed by atoms with Crippen molar-refractivity contribution in [1.82, 2.24) is 0 Å². The van der Waals surface area contributed by atoms with Gasteiger partial charge >= 0.3 is 11.9 Å².